The van der Waals surface area contributed by atoms with Gasteiger partial charge in [0.05, 0.1) is 17.1 Å². The molecule has 0 fully saturated rings. The van der Waals surface area contributed by atoms with Gasteiger partial charge in [-0.05, 0) is 73.5 Å². The number of aromatic amines is 1. The number of aromatic hydroxyl groups is 1. The van der Waals surface area contributed by atoms with Crippen LogP contribution >= 0.6 is 0 Å². The minimum absolute atomic E-state index is 0.206. The van der Waals surface area contributed by atoms with Gasteiger partial charge in [-0.1, -0.05) is 0 Å². The van der Waals surface area contributed by atoms with E-state index in [1.54, 1.807) is 37.4 Å². The third-order valence-corrected chi connectivity index (χ3v) is 4.76. The highest BCUT2D eigenvalue weighted by Gasteiger charge is 2.10. The average molecular weight is 400 g/mol. The highest BCUT2D eigenvalue weighted by atomic mass is 16.5. The Morgan fingerprint density at radius 3 is 2.63 bits per heavy atom. The Morgan fingerprint density at radius 1 is 1.03 bits per heavy atom. The molecule has 4 aromatic rings. The smallest absolute Gasteiger partial charge is 0.345 e. The fraction of sp³-hybridized carbons (Fsp3) is 0.130. The molecule has 0 saturated carbocycles. The second-order valence-electron chi connectivity index (χ2n) is 6.95. The Balaban J connectivity index is 1.62. The molecule has 0 saturated heterocycles. The highest BCUT2D eigenvalue weighted by molar-refractivity contribution is 5.70. The summed E-state index contributed by atoms with van der Waals surface area (Å²) in [6.07, 6.45) is 3.16. The molecule has 0 unspecified atom stereocenters. The Hall–Kier alpha value is -4.00. The van der Waals surface area contributed by atoms with Crippen LogP contribution in [0.25, 0.3) is 22.5 Å². The van der Waals surface area contributed by atoms with Gasteiger partial charge in [0.1, 0.15) is 24.4 Å². The van der Waals surface area contributed by atoms with Crippen LogP contribution in [0.15, 0.2) is 65.8 Å². The Kier molecular flexibility index (Phi) is 5.26. The molecular weight excluding hydrogens is 380 g/mol. The quantitative estimate of drug-likeness (QED) is 0.528. The van der Waals surface area contributed by atoms with Crippen molar-refractivity contribution in [2.45, 2.75) is 20.5 Å². The van der Waals surface area contributed by atoms with Gasteiger partial charge in [-0.2, -0.15) is 4.98 Å². The lowest BCUT2D eigenvalue weighted by atomic mass is 10.0. The van der Waals surface area contributed by atoms with E-state index >= 15 is 0 Å². The van der Waals surface area contributed by atoms with Gasteiger partial charge in [0.15, 0.2) is 0 Å². The van der Waals surface area contributed by atoms with Crippen molar-refractivity contribution in [1.82, 2.24) is 19.9 Å². The van der Waals surface area contributed by atoms with Crippen LogP contribution in [0.5, 0.6) is 11.5 Å². The number of phenols is 1. The van der Waals surface area contributed by atoms with Crippen LogP contribution in [0.2, 0.25) is 0 Å². The average Bonchev–Trinajstić information content (AvgIpc) is 2.74. The van der Waals surface area contributed by atoms with Crippen molar-refractivity contribution >= 4 is 0 Å². The molecule has 7 nitrogen and oxygen atoms in total. The normalized spacial score (nSPS) is 10.7. The molecule has 0 bridgehead atoms. The van der Waals surface area contributed by atoms with Crippen LogP contribution in [0.3, 0.4) is 0 Å². The predicted molar refractivity (Wildman–Crippen MR) is 113 cm³/mol. The van der Waals surface area contributed by atoms with Crippen LogP contribution in [0.4, 0.5) is 0 Å². The number of H-pyrrole nitrogens is 1. The van der Waals surface area contributed by atoms with E-state index in [0.29, 0.717) is 23.7 Å². The van der Waals surface area contributed by atoms with Gasteiger partial charge in [-0.15, -0.1) is 0 Å². The number of rotatable bonds is 5. The van der Waals surface area contributed by atoms with E-state index in [1.165, 1.54) is 6.33 Å². The van der Waals surface area contributed by atoms with Gasteiger partial charge in [-0.25, -0.2) is 14.8 Å². The summed E-state index contributed by atoms with van der Waals surface area (Å²) in [7, 11) is 0. The number of nitrogens with one attached hydrogen (secondary N) is 1. The maximum Gasteiger partial charge on any atom is 0.345 e. The SMILES string of the molecule is Cc1cc(-c2cc(-c3ccc(OCc4ccncn4)cc3C)[nH]c(=O)n2)ccc1O. The monoisotopic (exact) mass is 400 g/mol. The minimum atomic E-state index is -0.434. The van der Waals surface area contributed by atoms with Gasteiger partial charge in [-0.3, -0.25) is 0 Å². The number of aryl methyl sites for hydroxylation is 2. The van der Waals surface area contributed by atoms with Crippen molar-refractivity contribution in [1.29, 1.82) is 0 Å². The largest absolute Gasteiger partial charge is 0.508 e. The Bertz CT molecular complexity index is 1250. The first kappa shape index (κ1) is 19.3. The van der Waals surface area contributed by atoms with Crippen molar-refractivity contribution in [2.24, 2.45) is 0 Å². The van der Waals surface area contributed by atoms with Crippen molar-refractivity contribution in [3.05, 3.63) is 88.4 Å². The van der Waals surface area contributed by atoms with Crippen LogP contribution in [-0.4, -0.2) is 25.0 Å². The summed E-state index contributed by atoms with van der Waals surface area (Å²) in [5.41, 5.74) is 4.87. The molecule has 7 heteroatoms. The summed E-state index contributed by atoms with van der Waals surface area (Å²) >= 11 is 0. The lowest BCUT2D eigenvalue weighted by Crippen LogP contribution is -2.12. The maximum atomic E-state index is 12.2. The van der Waals surface area contributed by atoms with E-state index in [1.807, 2.05) is 31.2 Å². The molecule has 0 aliphatic carbocycles. The molecule has 30 heavy (non-hydrogen) atoms. The number of ether oxygens (including phenoxy) is 1. The summed E-state index contributed by atoms with van der Waals surface area (Å²) in [4.78, 5) is 27.1. The van der Waals surface area contributed by atoms with Crippen LogP contribution in [-0.2, 0) is 6.61 Å². The third kappa shape index (κ3) is 4.20. The number of hydrogen-bond donors (Lipinski definition) is 2. The van der Waals surface area contributed by atoms with E-state index < -0.39 is 5.69 Å². The van der Waals surface area contributed by atoms with Gasteiger partial charge in [0, 0.05) is 17.3 Å². The van der Waals surface area contributed by atoms with E-state index in [-0.39, 0.29) is 5.75 Å². The number of hydrogen-bond acceptors (Lipinski definition) is 6. The van der Waals surface area contributed by atoms with Crippen LogP contribution in [0.1, 0.15) is 16.8 Å². The first-order valence-corrected chi connectivity index (χ1v) is 9.39. The summed E-state index contributed by atoms with van der Waals surface area (Å²) in [5.74, 6) is 0.915. The molecule has 4 rings (SSSR count). The molecule has 0 amide bonds. The predicted octanol–water partition coefficient (Wildman–Crippen LogP) is 3.80. The molecule has 0 radical (unpaired) electrons. The van der Waals surface area contributed by atoms with E-state index in [4.69, 9.17) is 4.74 Å². The van der Waals surface area contributed by atoms with Gasteiger partial charge in [0.2, 0.25) is 0 Å². The van der Waals surface area contributed by atoms with Crippen molar-refractivity contribution in [3.63, 3.8) is 0 Å². The van der Waals surface area contributed by atoms with Gasteiger partial charge < -0.3 is 14.8 Å². The van der Waals surface area contributed by atoms with E-state index in [9.17, 15) is 9.90 Å². The zero-order chi connectivity index (χ0) is 21.1. The van der Waals surface area contributed by atoms with E-state index in [2.05, 4.69) is 19.9 Å². The molecular formula is C23H20N4O3. The summed E-state index contributed by atoms with van der Waals surface area (Å²) in [6.45, 7) is 4.10. The van der Waals surface area contributed by atoms with Crippen molar-refractivity contribution in [3.8, 4) is 34.0 Å². The topological polar surface area (TPSA) is 101 Å². The molecule has 0 atom stereocenters. The van der Waals surface area contributed by atoms with Crippen molar-refractivity contribution in [2.75, 3.05) is 0 Å². The molecule has 2 aromatic heterocycles. The summed E-state index contributed by atoms with van der Waals surface area (Å²) in [6, 6.07) is 14.4. The lowest BCUT2D eigenvalue weighted by molar-refractivity contribution is 0.301. The Labute approximate surface area is 173 Å². The number of benzene rings is 2. The molecule has 0 spiro atoms. The van der Waals surface area contributed by atoms with Crippen LogP contribution < -0.4 is 10.4 Å². The van der Waals surface area contributed by atoms with Gasteiger partial charge in [0.25, 0.3) is 0 Å². The molecule has 2 aromatic carbocycles. The fourth-order valence-electron chi connectivity index (χ4n) is 3.15. The lowest BCUT2D eigenvalue weighted by Gasteiger charge is -2.11. The molecule has 2 N–H and O–H groups in total. The molecule has 0 aliphatic heterocycles. The van der Waals surface area contributed by atoms with Gasteiger partial charge >= 0.3 is 5.69 Å². The minimum Gasteiger partial charge on any atom is -0.508 e. The number of aromatic nitrogens is 4. The first-order chi connectivity index (χ1) is 14.5. The van der Waals surface area contributed by atoms with Crippen molar-refractivity contribution < 1.29 is 9.84 Å². The Morgan fingerprint density at radius 2 is 1.90 bits per heavy atom. The van der Waals surface area contributed by atoms with Crippen LogP contribution in [0, 0.1) is 13.8 Å². The third-order valence-electron chi connectivity index (χ3n) is 4.76. The summed E-state index contributed by atoms with van der Waals surface area (Å²) < 4.78 is 5.81. The maximum absolute atomic E-state index is 12.2. The molecule has 2 heterocycles. The molecule has 0 aliphatic rings. The number of nitrogens with zero attached hydrogens (tertiary/aromatic N) is 3. The zero-order valence-electron chi connectivity index (χ0n) is 16.6. The molecule has 150 valence electrons. The number of phenolic OH excluding ortho intramolecular Hbond substituents is 1. The fourth-order valence-corrected chi connectivity index (χ4v) is 3.15. The summed E-state index contributed by atoms with van der Waals surface area (Å²) in [5, 5.41) is 9.75. The second kappa shape index (κ2) is 8.16. The standard InChI is InChI=1S/C23H20N4O3/c1-14-10-18(30-12-17-7-8-24-13-25-17)4-5-19(14)21-11-20(26-23(29)27-21)16-3-6-22(28)15(2)9-16/h3-11,13,28H,12H2,1-2H3,(H,26,27,29). The van der Waals surface area contributed by atoms with E-state index in [0.717, 1.165) is 27.9 Å². The first-order valence-electron chi connectivity index (χ1n) is 9.39. The second-order valence-corrected chi connectivity index (χ2v) is 6.95. The highest BCUT2D eigenvalue weighted by Crippen LogP contribution is 2.29. The zero-order valence-corrected chi connectivity index (χ0v) is 16.6.